The van der Waals surface area contributed by atoms with Gasteiger partial charge in [0.05, 0.1) is 0 Å². The lowest BCUT2D eigenvalue weighted by Gasteiger charge is -2.21. The van der Waals surface area contributed by atoms with Gasteiger partial charge in [-0.1, -0.05) is 24.3 Å². The molecule has 142 valence electrons. The van der Waals surface area contributed by atoms with Crippen molar-refractivity contribution in [1.82, 2.24) is 9.80 Å². The van der Waals surface area contributed by atoms with Crippen molar-refractivity contribution < 1.29 is 13.6 Å². The van der Waals surface area contributed by atoms with Gasteiger partial charge in [-0.3, -0.25) is 0 Å². The van der Waals surface area contributed by atoms with Crippen LogP contribution in [-0.2, 0) is 0 Å². The largest absolute Gasteiger partial charge is 0.323 e. The molecule has 2 aromatic rings. The quantitative estimate of drug-likeness (QED) is 0.688. The lowest BCUT2D eigenvalue weighted by Crippen LogP contribution is -2.33. The van der Waals surface area contributed by atoms with E-state index in [0.717, 1.165) is 56.4 Å². The second kappa shape index (κ2) is 7.67. The van der Waals surface area contributed by atoms with Crippen LogP contribution in [0.5, 0.6) is 0 Å². The average Bonchev–Trinajstić information content (AvgIpc) is 3.45. The van der Waals surface area contributed by atoms with E-state index in [9.17, 15) is 13.6 Å². The van der Waals surface area contributed by atoms with Gasteiger partial charge in [0, 0.05) is 31.6 Å². The van der Waals surface area contributed by atoms with Crippen LogP contribution in [0.2, 0.25) is 0 Å². The molecule has 1 saturated carbocycles. The van der Waals surface area contributed by atoms with Gasteiger partial charge in [-0.25, -0.2) is 13.6 Å². The molecule has 0 radical (unpaired) electrons. The smallest absolute Gasteiger partial charge is 0.320 e. The third-order valence-electron chi connectivity index (χ3n) is 5.58. The molecule has 2 aliphatic rings. The van der Waals surface area contributed by atoms with E-state index < -0.39 is 0 Å². The van der Waals surface area contributed by atoms with Crippen molar-refractivity contribution in [2.24, 2.45) is 0 Å². The van der Waals surface area contributed by atoms with Gasteiger partial charge in [-0.2, -0.15) is 0 Å². The van der Waals surface area contributed by atoms with E-state index in [1.165, 1.54) is 24.3 Å². The fourth-order valence-corrected chi connectivity index (χ4v) is 3.94. The van der Waals surface area contributed by atoms with E-state index in [0.29, 0.717) is 6.04 Å². The van der Waals surface area contributed by atoms with Crippen molar-refractivity contribution >= 4 is 6.03 Å². The molecule has 0 unspecified atom stereocenters. The van der Waals surface area contributed by atoms with Gasteiger partial charge in [-0.05, 0) is 61.1 Å². The lowest BCUT2D eigenvalue weighted by atomic mass is 9.87. The molecule has 1 aliphatic carbocycles. The van der Waals surface area contributed by atoms with Crippen molar-refractivity contribution in [3.8, 4) is 0 Å². The van der Waals surface area contributed by atoms with E-state index in [2.05, 4.69) is 0 Å². The molecular formula is C22H24F2N2O. The van der Waals surface area contributed by atoms with Crippen molar-refractivity contribution in [3.63, 3.8) is 0 Å². The molecule has 2 fully saturated rings. The summed E-state index contributed by atoms with van der Waals surface area (Å²) in [5.74, 6) is -0.470. The Morgan fingerprint density at radius 2 is 1.44 bits per heavy atom. The Labute approximate surface area is 158 Å². The van der Waals surface area contributed by atoms with E-state index >= 15 is 0 Å². The highest BCUT2D eigenvalue weighted by atomic mass is 19.1. The number of nitrogens with zero attached hydrogens (tertiary/aromatic N) is 2. The summed E-state index contributed by atoms with van der Waals surface area (Å²) < 4.78 is 26.6. The number of halogens is 2. The van der Waals surface area contributed by atoms with Crippen LogP contribution < -0.4 is 0 Å². The van der Waals surface area contributed by atoms with Crippen molar-refractivity contribution in [3.05, 3.63) is 71.3 Å². The summed E-state index contributed by atoms with van der Waals surface area (Å²) in [5, 5.41) is 0. The van der Waals surface area contributed by atoms with Crippen LogP contribution >= 0.6 is 0 Å². The fourth-order valence-electron chi connectivity index (χ4n) is 3.94. The Morgan fingerprint density at radius 1 is 0.889 bits per heavy atom. The minimum absolute atomic E-state index is 0.0587. The first kappa shape index (κ1) is 18.0. The second-order valence-electron chi connectivity index (χ2n) is 7.49. The van der Waals surface area contributed by atoms with E-state index in [1.807, 2.05) is 9.80 Å². The van der Waals surface area contributed by atoms with Gasteiger partial charge in [0.15, 0.2) is 0 Å². The van der Waals surface area contributed by atoms with Crippen LogP contribution in [0, 0.1) is 11.6 Å². The van der Waals surface area contributed by atoms with Crippen molar-refractivity contribution in [1.29, 1.82) is 0 Å². The molecule has 2 amide bonds. The summed E-state index contributed by atoms with van der Waals surface area (Å²) in [6.45, 7) is 2.36. The monoisotopic (exact) mass is 370 g/mol. The molecule has 1 heterocycles. The first-order valence-corrected chi connectivity index (χ1v) is 9.68. The zero-order valence-corrected chi connectivity index (χ0v) is 15.3. The van der Waals surface area contributed by atoms with Gasteiger partial charge in [0.2, 0.25) is 0 Å². The highest BCUT2D eigenvalue weighted by molar-refractivity contribution is 5.77. The SMILES string of the molecule is O=C1N(CCCC(c2ccc(F)cc2)c2ccc(F)cc2)CCN1C1CC1. The maximum atomic E-state index is 13.3. The van der Waals surface area contributed by atoms with Gasteiger partial charge in [0.25, 0.3) is 0 Å². The minimum Gasteiger partial charge on any atom is -0.323 e. The Morgan fingerprint density at radius 3 is 1.96 bits per heavy atom. The summed E-state index contributed by atoms with van der Waals surface area (Å²) >= 11 is 0. The minimum atomic E-state index is -0.264. The Bertz CT molecular complexity index is 741. The molecule has 1 saturated heterocycles. The Hall–Kier alpha value is -2.43. The summed E-state index contributed by atoms with van der Waals surface area (Å²) in [7, 11) is 0. The van der Waals surface area contributed by atoms with E-state index in [1.54, 1.807) is 24.3 Å². The first-order chi connectivity index (χ1) is 13.1. The molecular weight excluding hydrogens is 346 g/mol. The van der Waals surface area contributed by atoms with Crippen LogP contribution in [0.4, 0.5) is 13.6 Å². The summed E-state index contributed by atoms with van der Waals surface area (Å²) in [4.78, 5) is 16.4. The zero-order chi connectivity index (χ0) is 18.8. The Balaban J connectivity index is 1.42. The topological polar surface area (TPSA) is 23.6 Å². The molecule has 4 rings (SSSR count). The van der Waals surface area contributed by atoms with Crippen LogP contribution in [-0.4, -0.2) is 41.5 Å². The second-order valence-corrected chi connectivity index (χ2v) is 7.49. The molecule has 0 aromatic heterocycles. The maximum Gasteiger partial charge on any atom is 0.320 e. The molecule has 0 atom stereocenters. The fraction of sp³-hybridized carbons (Fsp3) is 0.409. The van der Waals surface area contributed by atoms with Crippen LogP contribution in [0.25, 0.3) is 0 Å². The number of rotatable bonds is 7. The van der Waals surface area contributed by atoms with E-state index in [-0.39, 0.29) is 23.6 Å². The van der Waals surface area contributed by atoms with Crippen molar-refractivity contribution in [2.75, 3.05) is 19.6 Å². The van der Waals surface area contributed by atoms with Crippen LogP contribution in [0.1, 0.15) is 42.7 Å². The highest BCUT2D eigenvalue weighted by Gasteiger charge is 2.38. The number of benzene rings is 2. The van der Waals surface area contributed by atoms with Gasteiger partial charge >= 0.3 is 6.03 Å². The third kappa shape index (κ3) is 4.12. The van der Waals surface area contributed by atoms with Gasteiger partial charge in [0.1, 0.15) is 11.6 Å². The Kier molecular flexibility index (Phi) is 5.10. The summed E-state index contributed by atoms with van der Waals surface area (Å²) in [5.41, 5.74) is 2.02. The molecule has 1 aliphatic heterocycles. The molecule has 0 N–H and O–H groups in total. The normalized spacial score (nSPS) is 17.2. The molecule has 2 aromatic carbocycles. The highest BCUT2D eigenvalue weighted by Crippen LogP contribution is 2.32. The molecule has 0 spiro atoms. The third-order valence-corrected chi connectivity index (χ3v) is 5.58. The number of hydrogen-bond acceptors (Lipinski definition) is 1. The number of urea groups is 1. The van der Waals surface area contributed by atoms with Gasteiger partial charge < -0.3 is 9.80 Å². The van der Waals surface area contributed by atoms with Crippen LogP contribution in [0.3, 0.4) is 0 Å². The number of amides is 2. The average molecular weight is 370 g/mol. The van der Waals surface area contributed by atoms with Gasteiger partial charge in [-0.15, -0.1) is 0 Å². The number of hydrogen-bond donors (Lipinski definition) is 0. The molecule has 3 nitrogen and oxygen atoms in total. The molecule has 0 bridgehead atoms. The summed E-state index contributed by atoms with van der Waals surface area (Å²) in [6, 6.07) is 13.6. The standard InChI is InChI=1S/C22H24F2N2O/c23-18-7-3-16(4-8-18)21(17-5-9-19(24)10-6-17)2-1-13-25-14-15-26(22(25)27)20-11-12-20/h3-10,20-21H,1-2,11-15H2. The lowest BCUT2D eigenvalue weighted by molar-refractivity contribution is 0.189. The predicted molar refractivity (Wildman–Crippen MR) is 101 cm³/mol. The first-order valence-electron chi connectivity index (χ1n) is 9.68. The molecule has 27 heavy (non-hydrogen) atoms. The number of carbonyl (C=O) groups is 1. The van der Waals surface area contributed by atoms with Crippen LogP contribution in [0.15, 0.2) is 48.5 Å². The maximum absolute atomic E-state index is 13.3. The summed E-state index contributed by atoms with van der Waals surface area (Å²) in [6.07, 6.45) is 3.95. The van der Waals surface area contributed by atoms with Crippen molar-refractivity contribution in [2.45, 2.75) is 37.6 Å². The number of carbonyl (C=O) groups excluding carboxylic acids is 1. The predicted octanol–water partition coefficient (Wildman–Crippen LogP) is 4.78. The molecule has 5 heteroatoms. The zero-order valence-electron chi connectivity index (χ0n) is 15.3. The van der Waals surface area contributed by atoms with E-state index in [4.69, 9.17) is 0 Å².